The first-order valence-electron chi connectivity index (χ1n) is 5.41. The quantitative estimate of drug-likeness (QED) is 0.659. The molecule has 0 aromatic heterocycles. The first kappa shape index (κ1) is 13.6. The zero-order valence-corrected chi connectivity index (χ0v) is 11.0. The van der Waals surface area contributed by atoms with Gasteiger partial charge in [-0.3, -0.25) is 0 Å². The average molecular weight is 254 g/mol. The number of aryl methyl sites for hydroxylation is 1. The number of rotatable bonds is 4. The third kappa shape index (κ3) is 4.49. The summed E-state index contributed by atoms with van der Waals surface area (Å²) in [5.41, 5.74) is 2.66. The zero-order valence-electron chi connectivity index (χ0n) is 10.2. The van der Waals surface area contributed by atoms with Crippen molar-refractivity contribution in [2.75, 3.05) is 11.9 Å². The fourth-order valence-corrected chi connectivity index (χ4v) is 1.51. The number of carbonyl (C=O) groups excluding carboxylic acids is 1. The molecule has 4 heteroatoms. The summed E-state index contributed by atoms with van der Waals surface area (Å²) in [5, 5.41) is 3.77. The van der Waals surface area contributed by atoms with E-state index in [2.05, 4.69) is 5.32 Å². The van der Waals surface area contributed by atoms with Gasteiger partial charge in [0, 0.05) is 22.5 Å². The smallest absolute Gasteiger partial charge is 0.332 e. The van der Waals surface area contributed by atoms with Gasteiger partial charge < -0.3 is 10.1 Å². The highest BCUT2D eigenvalue weighted by atomic mass is 35.5. The molecule has 0 unspecified atom stereocenters. The van der Waals surface area contributed by atoms with Crippen LogP contribution in [0.4, 0.5) is 5.69 Å². The van der Waals surface area contributed by atoms with Gasteiger partial charge in [-0.15, -0.1) is 0 Å². The van der Waals surface area contributed by atoms with E-state index < -0.39 is 0 Å². The lowest BCUT2D eigenvalue weighted by Gasteiger charge is -2.10. The number of halogens is 1. The van der Waals surface area contributed by atoms with E-state index >= 15 is 0 Å². The highest BCUT2D eigenvalue weighted by molar-refractivity contribution is 6.30. The number of esters is 1. The van der Waals surface area contributed by atoms with Crippen LogP contribution in [0.15, 0.2) is 30.0 Å². The van der Waals surface area contributed by atoms with Crippen LogP contribution >= 0.6 is 11.6 Å². The van der Waals surface area contributed by atoms with Crippen LogP contribution < -0.4 is 5.32 Å². The maximum Gasteiger partial charge on any atom is 0.332 e. The van der Waals surface area contributed by atoms with Crippen LogP contribution in [0.1, 0.15) is 19.4 Å². The lowest BCUT2D eigenvalue weighted by molar-refractivity contribution is -0.137. The summed E-state index contributed by atoms with van der Waals surface area (Å²) >= 11 is 5.90. The van der Waals surface area contributed by atoms with E-state index in [0.717, 1.165) is 11.3 Å². The van der Waals surface area contributed by atoms with Crippen LogP contribution in [-0.2, 0) is 9.53 Å². The first-order chi connectivity index (χ1) is 8.02. The van der Waals surface area contributed by atoms with Gasteiger partial charge in [-0.1, -0.05) is 17.7 Å². The highest BCUT2D eigenvalue weighted by Crippen LogP contribution is 2.21. The molecule has 0 amide bonds. The van der Waals surface area contributed by atoms with Gasteiger partial charge in [0.05, 0.1) is 6.61 Å². The number of allylic oxidation sites excluding steroid dienone is 1. The molecule has 0 radical (unpaired) electrons. The minimum Gasteiger partial charge on any atom is -0.463 e. The minimum atomic E-state index is -0.350. The highest BCUT2D eigenvalue weighted by Gasteiger charge is 2.02. The van der Waals surface area contributed by atoms with Gasteiger partial charge in [-0.25, -0.2) is 4.79 Å². The maximum absolute atomic E-state index is 11.2. The third-order valence-corrected chi connectivity index (χ3v) is 2.39. The van der Waals surface area contributed by atoms with E-state index in [1.807, 2.05) is 25.1 Å². The van der Waals surface area contributed by atoms with Crippen molar-refractivity contribution in [2.45, 2.75) is 20.8 Å². The third-order valence-electron chi connectivity index (χ3n) is 2.15. The standard InChI is InChI=1S/C13H16ClNO2/c1-4-17-13(16)7-10(3)15-12-8-11(14)6-5-9(12)2/h5-8,15H,4H2,1-3H3. The number of ether oxygens (including phenoxy) is 1. The Balaban J connectivity index is 2.77. The topological polar surface area (TPSA) is 38.3 Å². The molecule has 0 saturated heterocycles. The predicted molar refractivity (Wildman–Crippen MR) is 70.2 cm³/mol. The lowest BCUT2D eigenvalue weighted by Crippen LogP contribution is -2.04. The number of anilines is 1. The molecule has 3 nitrogen and oxygen atoms in total. The first-order valence-corrected chi connectivity index (χ1v) is 5.79. The van der Waals surface area contributed by atoms with E-state index in [9.17, 15) is 4.79 Å². The van der Waals surface area contributed by atoms with Gasteiger partial charge in [-0.2, -0.15) is 0 Å². The van der Waals surface area contributed by atoms with Gasteiger partial charge in [0.25, 0.3) is 0 Å². The van der Waals surface area contributed by atoms with Gasteiger partial charge in [0.1, 0.15) is 0 Å². The number of hydrogen-bond acceptors (Lipinski definition) is 3. The molecule has 0 aliphatic carbocycles. The molecule has 0 aliphatic rings. The Morgan fingerprint density at radius 3 is 2.88 bits per heavy atom. The molecule has 0 saturated carbocycles. The van der Waals surface area contributed by atoms with Crippen LogP contribution in [0.2, 0.25) is 5.02 Å². The fraction of sp³-hybridized carbons (Fsp3) is 0.308. The second kappa shape index (κ2) is 6.30. The molecular formula is C13H16ClNO2. The summed E-state index contributed by atoms with van der Waals surface area (Å²) in [6, 6.07) is 5.56. The molecule has 0 heterocycles. The fourth-order valence-electron chi connectivity index (χ4n) is 1.34. The Morgan fingerprint density at radius 1 is 1.53 bits per heavy atom. The van der Waals surface area contributed by atoms with Crippen molar-refractivity contribution in [3.05, 3.63) is 40.6 Å². The van der Waals surface area contributed by atoms with Gasteiger partial charge in [0.2, 0.25) is 0 Å². The van der Waals surface area contributed by atoms with Gasteiger partial charge in [-0.05, 0) is 38.5 Å². The molecule has 0 spiro atoms. The summed E-state index contributed by atoms with van der Waals surface area (Å²) in [4.78, 5) is 11.2. The second-order valence-corrected chi connectivity index (χ2v) is 4.10. The van der Waals surface area contributed by atoms with Crippen molar-refractivity contribution >= 4 is 23.3 Å². The molecule has 0 fully saturated rings. The molecule has 0 aliphatic heterocycles. The zero-order chi connectivity index (χ0) is 12.8. The lowest BCUT2D eigenvalue weighted by atomic mass is 10.2. The maximum atomic E-state index is 11.2. The SMILES string of the molecule is CCOC(=O)C=C(C)Nc1cc(Cl)ccc1C. The molecule has 17 heavy (non-hydrogen) atoms. The van der Waals surface area contributed by atoms with Crippen LogP contribution in [-0.4, -0.2) is 12.6 Å². The van der Waals surface area contributed by atoms with E-state index in [-0.39, 0.29) is 5.97 Å². The van der Waals surface area contributed by atoms with Crippen molar-refractivity contribution in [3.63, 3.8) is 0 Å². The molecule has 1 N–H and O–H groups in total. The minimum absolute atomic E-state index is 0.350. The number of nitrogens with one attached hydrogen (secondary N) is 1. The van der Waals surface area contributed by atoms with E-state index in [1.165, 1.54) is 6.08 Å². The van der Waals surface area contributed by atoms with Gasteiger partial charge in [0.15, 0.2) is 0 Å². The summed E-state index contributed by atoms with van der Waals surface area (Å²) in [6.45, 7) is 5.92. The Kier molecular flexibility index (Phi) is 5.04. The largest absolute Gasteiger partial charge is 0.463 e. The summed E-state index contributed by atoms with van der Waals surface area (Å²) in [5.74, 6) is -0.350. The van der Waals surface area contributed by atoms with Crippen LogP contribution in [0, 0.1) is 6.92 Å². The average Bonchev–Trinajstić information content (AvgIpc) is 2.23. The number of hydrogen-bond donors (Lipinski definition) is 1. The van der Waals surface area contributed by atoms with E-state index in [0.29, 0.717) is 17.3 Å². The van der Waals surface area contributed by atoms with Gasteiger partial charge >= 0.3 is 5.97 Å². The second-order valence-electron chi connectivity index (χ2n) is 3.66. The molecule has 0 atom stereocenters. The molecule has 1 rings (SSSR count). The van der Waals surface area contributed by atoms with Crippen molar-refractivity contribution in [2.24, 2.45) is 0 Å². The Morgan fingerprint density at radius 2 is 2.24 bits per heavy atom. The predicted octanol–water partition coefficient (Wildman–Crippen LogP) is 3.53. The molecule has 1 aromatic rings. The van der Waals surface area contributed by atoms with Crippen molar-refractivity contribution < 1.29 is 9.53 Å². The summed E-state index contributed by atoms with van der Waals surface area (Å²) in [7, 11) is 0. The summed E-state index contributed by atoms with van der Waals surface area (Å²) < 4.78 is 4.82. The van der Waals surface area contributed by atoms with E-state index in [4.69, 9.17) is 16.3 Å². The number of benzene rings is 1. The van der Waals surface area contributed by atoms with Crippen LogP contribution in [0.25, 0.3) is 0 Å². The van der Waals surface area contributed by atoms with Crippen LogP contribution in [0.5, 0.6) is 0 Å². The Bertz CT molecular complexity index is 441. The Hall–Kier alpha value is -1.48. The van der Waals surface area contributed by atoms with Crippen molar-refractivity contribution in [1.82, 2.24) is 0 Å². The monoisotopic (exact) mass is 253 g/mol. The summed E-state index contributed by atoms with van der Waals surface area (Å²) in [6.07, 6.45) is 1.42. The molecular weight excluding hydrogens is 238 g/mol. The molecule has 92 valence electrons. The molecule has 1 aromatic carbocycles. The van der Waals surface area contributed by atoms with Crippen LogP contribution in [0.3, 0.4) is 0 Å². The normalized spacial score (nSPS) is 11.2. The van der Waals surface area contributed by atoms with Crippen molar-refractivity contribution in [3.8, 4) is 0 Å². The molecule has 0 bridgehead atoms. The number of carbonyl (C=O) groups is 1. The van der Waals surface area contributed by atoms with Crippen molar-refractivity contribution in [1.29, 1.82) is 0 Å². The van der Waals surface area contributed by atoms with E-state index in [1.54, 1.807) is 13.8 Å². The Labute approximate surface area is 106 Å².